The summed E-state index contributed by atoms with van der Waals surface area (Å²) in [5.41, 5.74) is 2.05. The first-order chi connectivity index (χ1) is 9.76. The summed E-state index contributed by atoms with van der Waals surface area (Å²) in [7, 11) is 0.289. The fourth-order valence-corrected chi connectivity index (χ4v) is 3.37. The maximum atomic E-state index is 11.3. The smallest absolute Gasteiger partial charge is 0.148 e. The number of benzene rings is 1. The van der Waals surface area contributed by atoms with Crippen LogP contribution in [0.25, 0.3) is 0 Å². The fraction of sp³-hybridized carbons (Fsp3) is 0.600. The number of nitrogens with one attached hydrogen (secondary N) is 1. The molecule has 0 aliphatic rings. The molecule has 1 aromatic carbocycles. The first kappa shape index (κ1) is 17.9. The molecule has 2 atom stereocenters. The lowest BCUT2D eigenvalue weighted by molar-refractivity contribution is 0.181. The van der Waals surface area contributed by atoms with Gasteiger partial charge in [0.25, 0.3) is 0 Å². The lowest BCUT2D eigenvalue weighted by atomic mass is 10.0. The monoisotopic (exact) mass is 315 g/mol. The van der Waals surface area contributed by atoms with Gasteiger partial charge in [0.15, 0.2) is 0 Å². The molecule has 0 aliphatic heterocycles. The molecule has 0 bridgehead atoms. The van der Waals surface area contributed by atoms with Crippen LogP contribution >= 0.6 is 0 Å². The predicted octanol–water partition coefficient (Wildman–Crippen LogP) is 1.93. The lowest BCUT2D eigenvalue weighted by Crippen LogP contribution is -2.34. The van der Waals surface area contributed by atoms with Gasteiger partial charge in [-0.3, -0.25) is 0 Å². The van der Waals surface area contributed by atoms with Gasteiger partial charge >= 0.3 is 0 Å². The van der Waals surface area contributed by atoms with E-state index in [9.17, 15) is 8.42 Å². The summed E-state index contributed by atoms with van der Waals surface area (Å²) in [6, 6.07) is 5.84. The largest absolute Gasteiger partial charge is 0.496 e. The molecule has 0 radical (unpaired) electrons. The zero-order valence-corrected chi connectivity index (χ0v) is 14.2. The van der Waals surface area contributed by atoms with Gasteiger partial charge in [0.1, 0.15) is 15.6 Å². The standard InChI is InChI=1S/C15H25NO4S/c1-11(10-21(5,17)18)16-12(2)13-6-7-15(20-4)14(8-13)9-19-3/h6-8,11-12,16H,9-10H2,1-5H3. The van der Waals surface area contributed by atoms with E-state index >= 15 is 0 Å². The van der Waals surface area contributed by atoms with E-state index in [0.29, 0.717) is 6.61 Å². The van der Waals surface area contributed by atoms with Crippen molar-refractivity contribution < 1.29 is 17.9 Å². The van der Waals surface area contributed by atoms with Gasteiger partial charge in [0, 0.05) is 31.0 Å². The van der Waals surface area contributed by atoms with Crippen LogP contribution in [0.2, 0.25) is 0 Å². The highest BCUT2D eigenvalue weighted by atomic mass is 32.2. The summed E-state index contributed by atoms with van der Waals surface area (Å²) in [5.74, 6) is 0.912. The highest BCUT2D eigenvalue weighted by Crippen LogP contribution is 2.24. The van der Waals surface area contributed by atoms with Crippen LogP contribution in [0.1, 0.15) is 31.0 Å². The molecule has 0 fully saturated rings. The van der Waals surface area contributed by atoms with E-state index in [0.717, 1.165) is 16.9 Å². The number of methoxy groups -OCH3 is 2. The number of ether oxygens (including phenoxy) is 2. The minimum atomic E-state index is -2.98. The summed E-state index contributed by atoms with van der Waals surface area (Å²) in [5, 5.41) is 3.30. The van der Waals surface area contributed by atoms with Gasteiger partial charge in [0.05, 0.1) is 19.5 Å². The van der Waals surface area contributed by atoms with Crippen LogP contribution in [0.3, 0.4) is 0 Å². The number of sulfone groups is 1. The van der Waals surface area contributed by atoms with Gasteiger partial charge in [-0.2, -0.15) is 0 Å². The van der Waals surface area contributed by atoms with Crippen LogP contribution in [-0.4, -0.2) is 40.7 Å². The topological polar surface area (TPSA) is 64.6 Å². The van der Waals surface area contributed by atoms with Crippen molar-refractivity contribution in [2.24, 2.45) is 0 Å². The number of hydrogen-bond donors (Lipinski definition) is 1. The molecule has 0 spiro atoms. The molecular weight excluding hydrogens is 290 g/mol. The Morgan fingerprint density at radius 2 is 1.90 bits per heavy atom. The van der Waals surface area contributed by atoms with Crippen LogP contribution in [0.5, 0.6) is 5.75 Å². The Bertz CT molecular complexity index is 557. The summed E-state index contributed by atoms with van der Waals surface area (Å²) in [6.07, 6.45) is 1.25. The van der Waals surface area contributed by atoms with Crippen LogP contribution in [0.15, 0.2) is 18.2 Å². The maximum absolute atomic E-state index is 11.3. The van der Waals surface area contributed by atoms with Crippen LogP contribution in [0.4, 0.5) is 0 Å². The maximum Gasteiger partial charge on any atom is 0.148 e. The Kier molecular flexibility index (Phi) is 6.64. The number of rotatable bonds is 8. The molecule has 0 aliphatic carbocycles. The number of hydrogen-bond acceptors (Lipinski definition) is 5. The first-order valence-corrected chi connectivity index (χ1v) is 8.92. The molecule has 0 saturated heterocycles. The molecule has 5 nitrogen and oxygen atoms in total. The molecule has 1 aromatic rings. The van der Waals surface area contributed by atoms with E-state index < -0.39 is 9.84 Å². The highest BCUT2D eigenvalue weighted by Gasteiger charge is 2.15. The average molecular weight is 315 g/mol. The molecule has 1 rings (SSSR count). The van der Waals surface area contributed by atoms with E-state index in [2.05, 4.69) is 5.32 Å². The van der Waals surface area contributed by atoms with E-state index in [4.69, 9.17) is 9.47 Å². The third kappa shape index (κ3) is 6.03. The van der Waals surface area contributed by atoms with E-state index in [1.165, 1.54) is 6.26 Å². The molecule has 0 heterocycles. The van der Waals surface area contributed by atoms with Crippen LogP contribution in [-0.2, 0) is 21.2 Å². The molecule has 120 valence electrons. The van der Waals surface area contributed by atoms with Crippen molar-refractivity contribution in [2.45, 2.75) is 32.5 Å². The summed E-state index contributed by atoms with van der Waals surface area (Å²) < 4.78 is 33.1. The Morgan fingerprint density at radius 1 is 1.24 bits per heavy atom. The normalized spacial score (nSPS) is 14.7. The Balaban J connectivity index is 2.82. The highest BCUT2D eigenvalue weighted by molar-refractivity contribution is 7.90. The molecule has 6 heteroatoms. The minimum absolute atomic E-state index is 0.0447. The van der Waals surface area contributed by atoms with Crippen molar-refractivity contribution in [1.29, 1.82) is 0 Å². The predicted molar refractivity (Wildman–Crippen MR) is 84.4 cm³/mol. The van der Waals surface area contributed by atoms with Crippen molar-refractivity contribution >= 4 is 9.84 Å². The fourth-order valence-electron chi connectivity index (χ4n) is 2.36. The van der Waals surface area contributed by atoms with Crippen molar-refractivity contribution in [1.82, 2.24) is 5.32 Å². The van der Waals surface area contributed by atoms with E-state index in [-0.39, 0.29) is 17.8 Å². The van der Waals surface area contributed by atoms with Crippen molar-refractivity contribution in [2.75, 3.05) is 26.2 Å². The van der Waals surface area contributed by atoms with E-state index in [1.54, 1.807) is 14.2 Å². The summed E-state index contributed by atoms with van der Waals surface area (Å²) in [4.78, 5) is 0. The van der Waals surface area contributed by atoms with Gasteiger partial charge in [-0.1, -0.05) is 6.07 Å². The van der Waals surface area contributed by atoms with Crippen molar-refractivity contribution in [3.05, 3.63) is 29.3 Å². The van der Waals surface area contributed by atoms with Crippen LogP contribution in [0, 0.1) is 0 Å². The second-order valence-corrected chi connectivity index (χ2v) is 7.57. The molecule has 2 unspecified atom stereocenters. The van der Waals surface area contributed by atoms with Gasteiger partial charge < -0.3 is 14.8 Å². The minimum Gasteiger partial charge on any atom is -0.496 e. The van der Waals surface area contributed by atoms with Crippen molar-refractivity contribution in [3.8, 4) is 5.75 Å². The Hall–Kier alpha value is -1.11. The second-order valence-electron chi connectivity index (χ2n) is 5.39. The molecular formula is C15H25NO4S. The van der Waals surface area contributed by atoms with E-state index in [1.807, 2.05) is 32.0 Å². The van der Waals surface area contributed by atoms with Crippen molar-refractivity contribution in [3.63, 3.8) is 0 Å². The average Bonchev–Trinajstić information content (AvgIpc) is 2.36. The third-order valence-electron chi connectivity index (χ3n) is 3.19. The molecule has 0 saturated carbocycles. The van der Waals surface area contributed by atoms with Gasteiger partial charge in [-0.25, -0.2) is 8.42 Å². The molecule has 21 heavy (non-hydrogen) atoms. The zero-order chi connectivity index (χ0) is 16.0. The second kappa shape index (κ2) is 7.77. The van der Waals surface area contributed by atoms with Gasteiger partial charge in [-0.05, 0) is 31.5 Å². The molecule has 1 N–H and O–H groups in total. The summed E-state index contributed by atoms with van der Waals surface area (Å²) in [6.45, 7) is 4.36. The third-order valence-corrected chi connectivity index (χ3v) is 4.30. The Morgan fingerprint density at radius 3 is 2.43 bits per heavy atom. The molecule has 0 amide bonds. The van der Waals surface area contributed by atoms with Gasteiger partial charge in [-0.15, -0.1) is 0 Å². The first-order valence-electron chi connectivity index (χ1n) is 6.86. The summed E-state index contributed by atoms with van der Waals surface area (Å²) >= 11 is 0. The molecule has 0 aromatic heterocycles. The Labute approximate surface area is 127 Å². The SMILES string of the molecule is COCc1cc(C(C)NC(C)CS(C)(=O)=O)ccc1OC. The van der Waals surface area contributed by atoms with Gasteiger partial charge in [0.2, 0.25) is 0 Å². The van der Waals surface area contributed by atoms with Crippen LogP contribution < -0.4 is 10.1 Å². The quantitative estimate of drug-likeness (QED) is 0.794. The lowest BCUT2D eigenvalue weighted by Gasteiger charge is -2.21. The zero-order valence-electron chi connectivity index (χ0n) is 13.3.